The standard InChI is InChI=1S/C18H15N7O3/c19-17-16(23-28-24-17)18-21-13-3-1-2-4-14(13)25(18)10-15(27)22-20-9-11-5-7-12(26)8-6-11/h1-9,26H,10H2,(H2,19,24)(H,22,27). The largest absolute Gasteiger partial charge is 0.508 e. The van der Waals surface area contributed by atoms with Crippen LogP contribution in [0.2, 0.25) is 0 Å². The average molecular weight is 377 g/mol. The van der Waals surface area contributed by atoms with Crippen molar-refractivity contribution in [3.05, 3.63) is 54.1 Å². The molecule has 0 bridgehead atoms. The Bertz CT molecular complexity index is 1160. The van der Waals surface area contributed by atoms with Gasteiger partial charge in [0, 0.05) is 0 Å². The van der Waals surface area contributed by atoms with Gasteiger partial charge in [-0.05, 0) is 52.3 Å². The molecule has 2 aromatic heterocycles. The zero-order valence-corrected chi connectivity index (χ0v) is 14.5. The molecule has 0 unspecified atom stereocenters. The Kier molecular flexibility index (Phi) is 4.42. The summed E-state index contributed by atoms with van der Waals surface area (Å²) in [6.45, 7) is -0.0605. The Labute approximate surface area is 158 Å². The third-order valence-electron chi connectivity index (χ3n) is 3.98. The minimum atomic E-state index is -0.366. The number of hydrazone groups is 1. The number of anilines is 1. The van der Waals surface area contributed by atoms with Crippen LogP contribution in [0.5, 0.6) is 5.75 Å². The number of nitrogens with zero attached hydrogens (tertiary/aromatic N) is 5. The van der Waals surface area contributed by atoms with E-state index in [-0.39, 0.29) is 29.7 Å². The maximum absolute atomic E-state index is 12.4. The highest BCUT2D eigenvalue weighted by molar-refractivity contribution is 5.86. The summed E-state index contributed by atoms with van der Waals surface area (Å²) < 4.78 is 6.32. The number of imidazole rings is 1. The molecule has 0 saturated heterocycles. The smallest absolute Gasteiger partial charge is 0.260 e. The minimum absolute atomic E-state index is 0.0605. The molecule has 0 aliphatic rings. The van der Waals surface area contributed by atoms with Gasteiger partial charge in [-0.1, -0.05) is 12.1 Å². The lowest BCUT2D eigenvalue weighted by Crippen LogP contribution is -2.23. The molecule has 0 fully saturated rings. The Hall–Kier alpha value is -4.21. The van der Waals surface area contributed by atoms with Crippen molar-refractivity contribution in [2.45, 2.75) is 6.54 Å². The molecule has 28 heavy (non-hydrogen) atoms. The SMILES string of the molecule is Nc1nonc1-c1nc2ccccc2n1CC(=O)NN=Cc1ccc(O)cc1. The number of amides is 1. The van der Waals surface area contributed by atoms with Gasteiger partial charge in [0.25, 0.3) is 5.91 Å². The van der Waals surface area contributed by atoms with E-state index in [0.29, 0.717) is 11.3 Å². The zero-order chi connectivity index (χ0) is 19.5. The van der Waals surface area contributed by atoms with Crippen molar-refractivity contribution in [2.24, 2.45) is 5.10 Å². The summed E-state index contributed by atoms with van der Waals surface area (Å²) >= 11 is 0. The number of para-hydroxylation sites is 2. The van der Waals surface area contributed by atoms with Crippen molar-refractivity contribution in [1.82, 2.24) is 25.3 Å². The fraction of sp³-hybridized carbons (Fsp3) is 0.0556. The summed E-state index contributed by atoms with van der Waals surface area (Å²) in [6, 6.07) is 13.8. The Morgan fingerprint density at radius 1 is 1.21 bits per heavy atom. The number of aromatic hydroxyl groups is 1. The fourth-order valence-electron chi connectivity index (χ4n) is 2.69. The molecule has 0 spiro atoms. The average Bonchev–Trinajstić information content (AvgIpc) is 3.27. The van der Waals surface area contributed by atoms with Crippen molar-refractivity contribution in [1.29, 1.82) is 0 Å². The van der Waals surface area contributed by atoms with Crippen LogP contribution in [0.1, 0.15) is 5.56 Å². The van der Waals surface area contributed by atoms with E-state index >= 15 is 0 Å². The Balaban J connectivity index is 1.57. The molecule has 10 heteroatoms. The summed E-state index contributed by atoms with van der Waals surface area (Å²) in [7, 11) is 0. The van der Waals surface area contributed by atoms with Gasteiger partial charge in [-0.15, -0.1) is 0 Å². The topological polar surface area (TPSA) is 144 Å². The number of benzene rings is 2. The number of carbonyl (C=O) groups is 1. The molecule has 4 rings (SSSR count). The number of carbonyl (C=O) groups excluding carboxylic acids is 1. The number of aromatic nitrogens is 4. The van der Waals surface area contributed by atoms with E-state index in [9.17, 15) is 9.90 Å². The number of phenols is 1. The van der Waals surface area contributed by atoms with Crippen LogP contribution in [0.3, 0.4) is 0 Å². The van der Waals surface area contributed by atoms with E-state index in [1.54, 1.807) is 16.7 Å². The van der Waals surface area contributed by atoms with E-state index in [0.717, 1.165) is 11.1 Å². The second-order valence-electron chi connectivity index (χ2n) is 5.89. The highest BCUT2D eigenvalue weighted by Gasteiger charge is 2.20. The number of fused-ring (bicyclic) bond motifs is 1. The number of hydrogen-bond donors (Lipinski definition) is 3. The van der Waals surface area contributed by atoms with Crippen LogP contribution in [0.15, 0.2) is 58.3 Å². The minimum Gasteiger partial charge on any atom is -0.508 e. The summed E-state index contributed by atoms with van der Waals surface area (Å²) in [4.78, 5) is 16.9. The molecule has 140 valence electrons. The zero-order valence-electron chi connectivity index (χ0n) is 14.5. The van der Waals surface area contributed by atoms with Gasteiger partial charge in [-0.25, -0.2) is 15.0 Å². The highest BCUT2D eigenvalue weighted by Crippen LogP contribution is 2.26. The molecule has 0 aliphatic heterocycles. The van der Waals surface area contributed by atoms with Gasteiger partial charge in [0.2, 0.25) is 0 Å². The molecule has 10 nitrogen and oxygen atoms in total. The van der Waals surface area contributed by atoms with Crippen molar-refractivity contribution < 1.29 is 14.5 Å². The van der Waals surface area contributed by atoms with Crippen molar-refractivity contribution in [2.75, 3.05) is 5.73 Å². The predicted molar refractivity (Wildman–Crippen MR) is 101 cm³/mol. The third-order valence-corrected chi connectivity index (χ3v) is 3.98. The first-order valence-electron chi connectivity index (χ1n) is 8.26. The molecule has 0 atom stereocenters. The number of phenolic OH excluding ortho intramolecular Hbond substituents is 1. The maximum atomic E-state index is 12.4. The van der Waals surface area contributed by atoms with Crippen LogP contribution >= 0.6 is 0 Å². The monoisotopic (exact) mass is 377 g/mol. The van der Waals surface area contributed by atoms with Gasteiger partial charge in [0.15, 0.2) is 17.3 Å². The van der Waals surface area contributed by atoms with Crippen molar-refractivity contribution >= 4 is 29.0 Å². The number of hydrogen-bond acceptors (Lipinski definition) is 8. The molecule has 2 heterocycles. The Morgan fingerprint density at radius 2 is 2.00 bits per heavy atom. The number of rotatable bonds is 5. The third kappa shape index (κ3) is 3.38. The van der Waals surface area contributed by atoms with Crippen LogP contribution in [0.4, 0.5) is 5.82 Å². The maximum Gasteiger partial charge on any atom is 0.260 e. The number of nitrogens with two attached hydrogens (primary N) is 1. The summed E-state index contributed by atoms with van der Waals surface area (Å²) in [5.41, 5.74) is 10.7. The highest BCUT2D eigenvalue weighted by atomic mass is 16.6. The first kappa shape index (κ1) is 17.2. The molecule has 0 radical (unpaired) electrons. The molecule has 4 aromatic rings. The Morgan fingerprint density at radius 3 is 2.75 bits per heavy atom. The molecule has 4 N–H and O–H groups in total. The summed E-state index contributed by atoms with van der Waals surface area (Å²) in [6.07, 6.45) is 1.48. The van der Waals surface area contributed by atoms with Crippen molar-refractivity contribution in [3.63, 3.8) is 0 Å². The molecular weight excluding hydrogens is 362 g/mol. The van der Waals surface area contributed by atoms with Gasteiger partial charge in [0.1, 0.15) is 12.3 Å². The van der Waals surface area contributed by atoms with Gasteiger partial charge in [0.05, 0.1) is 17.2 Å². The van der Waals surface area contributed by atoms with Crippen LogP contribution in [-0.2, 0) is 11.3 Å². The van der Waals surface area contributed by atoms with E-state index in [4.69, 9.17) is 5.73 Å². The lowest BCUT2D eigenvalue weighted by Gasteiger charge is -2.06. The van der Waals surface area contributed by atoms with Gasteiger partial charge < -0.3 is 15.4 Å². The summed E-state index contributed by atoms with van der Waals surface area (Å²) in [5, 5.41) is 20.6. The lowest BCUT2D eigenvalue weighted by molar-refractivity contribution is -0.121. The normalized spacial score (nSPS) is 11.3. The lowest BCUT2D eigenvalue weighted by atomic mass is 10.2. The predicted octanol–water partition coefficient (Wildman–Crippen LogP) is 1.52. The van der Waals surface area contributed by atoms with Crippen LogP contribution in [0, 0.1) is 0 Å². The van der Waals surface area contributed by atoms with E-state index in [1.807, 2.05) is 24.3 Å². The van der Waals surface area contributed by atoms with Gasteiger partial charge in [-0.3, -0.25) is 4.79 Å². The second-order valence-corrected chi connectivity index (χ2v) is 5.89. The van der Waals surface area contributed by atoms with Gasteiger partial charge in [-0.2, -0.15) is 5.10 Å². The molecule has 0 saturated carbocycles. The quantitative estimate of drug-likeness (QED) is 0.353. The van der Waals surface area contributed by atoms with Crippen LogP contribution in [-0.4, -0.2) is 37.1 Å². The van der Waals surface area contributed by atoms with Crippen LogP contribution in [0.25, 0.3) is 22.6 Å². The number of nitrogen functional groups attached to an aromatic ring is 1. The summed E-state index contributed by atoms with van der Waals surface area (Å²) in [5.74, 6) is 0.247. The fourth-order valence-corrected chi connectivity index (χ4v) is 2.69. The molecule has 0 aliphatic carbocycles. The van der Waals surface area contributed by atoms with E-state index in [1.165, 1.54) is 18.3 Å². The molecule has 2 aromatic carbocycles. The van der Waals surface area contributed by atoms with Gasteiger partial charge >= 0.3 is 0 Å². The first-order chi connectivity index (χ1) is 13.6. The second kappa shape index (κ2) is 7.19. The van der Waals surface area contributed by atoms with Crippen LogP contribution < -0.4 is 11.2 Å². The molecular formula is C18H15N7O3. The van der Waals surface area contributed by atoms with E-state index in [2.05, 4.69) is 30.5 Å². The molecule has 1 amide bonds. The first-order valence-corrected chi connectivity index (χ1v) is 8.26. The van der Waals surface area contributed by atoms with Crippen molar-refractivity contribution in [3.8, 4) is 17.3 Å². The number of nitrogens with one attached hydrogen (secondary N) is 1. The van der Waals surface area contributed by atoms with E-state index < -0.39 is 0 Å².